The molecular weight excluding hydrogens is 401 g/mol. The summed E-state index contributed by atoms with van der Waals surface area (Å²) in [6.07, 6.45) is 3.30. The monoisotopic (exact) mass is 421 g/mol. The van der Waals surface area contributed by atoms with E-state index in [0.717, 1.165) is 11.3 Å². The molecule has 0 radical (unpaired) electrons. The molecule has 1 N–H and O–H groups in total. The standard InChI is InChI=1S/C23H20FN3O4/c1-29-20-4-2-3-16(11-20)13-27-14-18(12-25-27)26-23(28)22-10-9-21(31-22)15-30-19-7-5-17(24)6-8-19/h2-12,14H,13,15H2,1H3,(H,26,28). The van der Waals surface area contributed by atoms with Crippen molar-refractivity contribution in [1.29, 1.82) is 0 Å². The number of aromatic nitrogens is 2. The molecule has 31 heavy (non-hydrogen) atoms. The van der Waals surface area contributed by atoms with E-state index in [1.165, 1.54) is 24.3 Å². The van der Waals surface area contributed by atoms with E-state index in [-0.39, 0.29) is 18.2 Å². The molecule has 0 aliphatic heterocycles. The van der Waals surface area contributed by atoms with Crippen LogP contribution in [0.3, 0.4) is 0 Å². The third-order valence-electron chi connectivity index (χ3n) is 4.45. The summed E-state index contributed by atoms with van der Waals surface area (Å²) in [5.41, 5.74) is 1.57. The van der Waals surface area contributed by atoms with Gasteiger partial charge in [-0.15, -0.1) is 0 Å². The van der Waals surface area contributed by atoms with Crippen LogP contribution in [0.25, 0.3) is 0 Å². The minimum atomic E-state index is -0.394. The van der Waals surface area contributed by atoms with Crippen molar-refractivity contribution in [2.24, 2.45) is 0 Å². The molecular formula is C23H20FN3O4. The summed E-state index contributed by atoms with van der Waals surface area (Å²) in [5, 5.41) is 7.03. The molecule has 4 rings (SSSR count). The van der Waals surface area contributed by atoms with Gasteiger partial charge in [-0.3, -0.25) is 9.48 Å². The molecule has 4 aromatic rings. The first-order chi connectivity index (χ1) is 15.1. The Hall–Kier alpha value is -4.07. The lowest BCUT2D eigenvalue weighted by Gasteiger charge is -2.05. The van der Waals surface area contributed by atoms with Gasteiger partial charge in [0.05, 0.1) is 25.5 Å². The SMILES string of the molecule is COc1cccc(Cn2cc(NC(=O)c3ccc(COc4ccc(F)cc4)o3)cn2)c1. The number of hydrogen-bond acceptors (Lipinski definition) is 5. The Morgan fingerprint density at radius 3 is 2.77 bits per heavy atom. The van der Waals surface area contributed by atoms with E-state index in [1.807, 2.05) is 24.3 Å². The van der Waals surface area contributed by atoms with Crippen molar-refractivity contribution in [3.63, 3.8) is 0 Å². The van der Waals surface area contributed by atoms with Crippen molar-refractivity contribution in [3.05, 3.63) is 96.0 Å². The molecule has 0 bridgehead atoms. The maximum atomic E-state index is 12.9. The number of furan rings is 1. The molecule has 0 spiro atoms. The van der Waals surface area contributed by atoms with Gasteiger partial charge in [0.15, 0.2) is 5.76 Å². The number of carbonyl (C=O) groups excluding carboxylic acids is 1. The van der Waals surface area contributed by atoms with Gasteiger partial charge in [0.2, 0.25) is 0 Å². The Balaban J connectivity index is 1.33. The van der Waals surface area contributed by atoms with Crippen molar-refractivity contribution in [1.82, 2.24) is 9.78 Å². The summed E-state index contributed by atoms with van der Waals surface area (Å²) in [5.74, 6) is 1.17. The molecule has 8 heteroatoms. The van der Waals surface area contributed by atoms with Crippen molar-refractivity contribution in [3.8, 4) is 11.5 Å². The number of halogens is 1. The van der Waals surface area contributed by atoms with Crippen LogP contribution < -0.4 is 14.8 Å². The lowest BCUT2D eigenvalue weighted by atomic mass is 10.2. The second-order valence-electron chi connectivity index (χ2n) is 6.74. The molecule has 2 aromatic heterocycles. The zero-order valence-electron chi connectivity index (χ0n) is 16.7. The molecule has 0 unspecified atom stereocenters. The van der Waals surface area contributed by atoms with Crippen molar-refractivity contribution >= 4 is 11.6 Å². The maximum Gasteiger partial charge on any atom is 0.291 e. The normalized spacial score (nSPS) is 10.6. The van der Waals surface area contributed by atoms with Gasteiger partial charge in [0, 0.05) is 6.20 Å². The summed E-state index contributed by atoms with van der Waals surface area (Å²) in [6.45, 7) is 0.663. The zero-order chi connectivity index (χ0) is 21.6. The van der Waals surface area contributed by atoms with Gasteiger partial charge in [-0.25, -0.2) is 4.39 Å². The molecule has 0 atom stereocenters. The smallest absolute Gasteiger partial charge is 0.291 e. The van der Waals surface area contributed by atoms with E-state index >= 15 is 0 Å². The minimum absolute atomic E-state index is 0.122. The van der Waals surface area contributed by atoms with Crippen molar-refractivity contribution in [2.45, 2.75) is 13.2 Å². The van der Waals surface area contributed by atoms with E-state index in [0.29, 0.717) is 23.7 Å². The highest BCUT2D eigenvalue weighted by Crippen LogP contribution is 2.17. The molecule has 158 valence electrons. The Labute approximate surface area is 178 Å². The summed E-state index contributed by atoms with van der Waals surface area (Å²) in [4.78, 5) is 12.4. The number of benzene rings is 2. The number of methoxy groups -OCH3 is 1. The van der Waals surface area contributed by atoms with Crippen LogP contribution in [-0.2, 0) is 13.2 Å². The van der Waals surface area contributed by atoms with Gasteiger partial charge < -0.3 is 19.2 Å². The van der Waals surface area contributed by atoms with Gasteiger partial charge in [0.1, 0.15) is 29.7 Å². The van der Waals surface area contributed by atoms with Crippen LogP contribution >= 0.6 is 0 Å². The number of ether oxygens (including phenoxy) is 2. The first kappa shape index (κ1) is 20.2. The summed E-state index contributed by atoms with van der Waals surface area (Å²) in [6, 6.07) is 16.6. The van der Waals surface area contributed by atoms with E-state index in [9.17, 15) is 9.18 Å². The highest BCUT2D eigenvalue weighted by molar-refractivity contribution is 6.02. The number of hydrogen-bond donors (Lipinski definition) is 1. The summed E-state index contributed by atoms with van der Waals surface area (Å²) < 4.78 is 30.9. The van der Waals surface area contributed by atoms with Crippen LogP contribution in [0, 0.1) is 5.82 Å². The molecule has 0 aliphatic carbocycles. The lowest BCUT2D eigenvalue weighted by molar-refractivity contribution is 0.0992. The minimum Gasteiger partial charge on any atom is -0.497 e. The highest BCUT2D eigenvalue weighted by atomic mass is 19.1. The quantitative estimate of drug-likeness (QED) is 0.453. The molecule has 0 fully saturated rings. The van der Waals surface area contributed by atoms with Crippen LogP contribution in [0.5, 0.6) is 11.5 Å². The first-order valence-electron chi connectivity index (χ1n) is 9.53. The van der Waals surface area contributed by atoms with Crippen LogP contribution in [-0.4, -0.2) is 22.8 Å². The number of nitrogens with zero attached hydrogens (tertiary/aromatic N) is 2. The van der Waals surface area contributed by atoms with Crippen LogP contribution in [0.1, 0.15) is 21.9 Å². The topological polar surface area (TPSA) is 78.5 Å². The molecule has 0 saturated carbocycles. The van der Waals surface area contributed by atoms with Gasteiger partial charge in [-0.05, 0) is 54.1 Å². The number of amides is 1. The summed E-state index contributed by atoms with van der Waals surface area (Å²) in [7, 11) is 1.62. The van der Waals surface area contributed by atoms with Crippen molar-refractivity contribution < 1.29 is 23.1 Å². The lowest BCUT2D eigenvalue weighted by Crippen LogP contribution is -2.10. The largest absolute Gasteiger partial charge is 0.497 e. The predicted octanol–water partition coefficient (Wildman–Crippen LogP) is 4.50. The highest BCUT2D eigenvalue weighted by Gasteiger charge is 2.13. The molecule has 2 heterocycles. The molecule has 0 aliphatic rings. The average Bonchev–Trinajstić information content (AvgIpc) is 3.43. The van der Waals surface area contributed by atoms with Crippen LogP contribution in [0.2, 0.25) is 0 Å². The number of rotatable bonds is 8. The van der Waals surface area contributed by atoms with E-state index in [4.69, 9.17) is 13.9 Å². The fourth-order valence-corrected chi connectivity index (χ4v) is 2.93. The predicted molar refractivity (Wildman–Crippen MR) is 112 cm³/mol. The fraction of sp³-hybridized carbons (Fsp3) is 0.130. The Kier molecular flexibility index (Phi) is 5.98. The number of anilines is 1. The second kappa shape index (κ2) is 9.17. The van der Waals surface area contributed by atoms with Gasteiger partial charge in [-0.2, -0.15) is 5.10 Å². The van der Waals surface area contributed by atoms with E-state index < -0.39 is 5.91 Å². The Morgan fingerprint density at radius 1 is 1.13 bits per heavy atom. The molecule has 0 saturated heterocycles. The third-order valence-corrected chi connectivity index (χ3v) is 4.45. The Morgan fingerprint density at radius 2 is 1.97 bits per heavy atom. The molecule has 1 amide bonds. The zero-order valence-corrected chi connectivity index (χ0v) is 16.7. The maximum absolute atomic E-state index is 12.9. The van der Waals surface area contributed by atoms with Crippen LogP contribution in [0.4, 0.5) is 10.1 Å². The first-order valence-corrected chi connectivity index (χ1v) is 9.53. The Bertz CT molecular complexity index is 1170. The third kappa shape index (κ3) is 5.30. The van der Waals surface area contributed by atoms with E-state index in [1.54, 1.807) is 36.3 Å². The van der Waals surface area contributed by atoms with E-state index in [2.05, 4.69) is 10.4 Å². The van der Waals surface area contributed by atoms with Gasteiger partial charge >= 0.3 is 0 Å². The second-order valence-corrected chi connectivity index (χ2v) is 6.74. The molecule has 7 nitrogen and oxygen atoms in total. The fourth-order valence-electron chi connectivity index (χ4n) is 2.93. The number of carbonyl (C=O) groups is 1. The van der Waals surface area contributed by atoms with Crippen LogP contribution in [0.15, 0.2) is 77.5 Å². The van der Waals surface area contributed by atoms with Gasteiger partial charge in [0.25, 0.3) is 5.91 Å². The average molecular weight is 421 g/mol. The summed E-state index contributed by atoms with van der Waals surface area (Å²) >= 11 is 0. The molecule has 2 aromatic carbocycles. The number of nitrogens with one attached hydrogen (secondary N) is 1. The van der Waals surface area contributed by atoms with Crippen molar-refractivity contribution in [2.75, 3.05) is 12.4 Å². The van der Waals surface area contributed by atoms with Gasteiger partial charge in [-0.1, -0.05) is 12.1 Å².